The molecule has 0 radical (unpaired) electrons. The number of methoxy groups -OCH3 is 1. The maximum Gasteiger partial charge on any atom is 0.309 e. The number of imidazole rings is 1. The number of carbonyl (C=O) groups is 1. The number of aliphatic carboxylic acids is 1. The molecule has 0 aliphatic carbocycles. The molecule has 0 bridgehead atoms. The van der Waals surface area contributed by atoms with Crippen LogP contribution in [0.25, 0.3) is 5.65 Å². The lowest BCUT2D eigenvalue weighted by Gasteiger charge is -2.00. The second-order valence-corrected chi connectivity index (χ2v) is 3.51. The molecule has 5 nitrogen and oxygen atoms in total. The van der Waals surface area contributed by atoms with Gasteiger partial charge in [0.2, 0.25) is 0 Å². The van der Waals surface area contributed by atoms with Gasteiger partial charge in [0.05, 0.1) is 19.2 Å². The number of aryl methyl sites for hydroxylation is 1. The van der Waals surface area contributed by atoms with E-state index in [0.717, 1.165) is 5.69 Å². The van der Waals surface area contributed by atoms with Crippen LogP contribution in [0.15, 0.2) is 18.3 Å². The maximum absolute atomic E-state index is 10.6. The minimum Gasteiger partial charge on any atom is -0.497 e. The molecule has 0 spiro atoms. The van der Waals surface area contributed by atoms with E-state index in [9.17, 15) is 4.79 Å². The largest absolute Gasteiger partial charge is 0.497 e. The Bertz CT molecular complexity index is 545. The highest BCUT2D eigenvalue weighted by atomic mass is 16.5. The number of fused-ring (bicyclic) bond motifs is 1. The zero-order valence-corrected chi connectivity index (χ0v) is 9.10. The van der Waals surface area contributed by atoms with Gasteiger partial charge in [0.15, 0.2) is 0 Å². The van der Waals surface area contributed by atoms with E-state index in [1.165, 1.54) is 0 Å². The second-order valence-electron chi connectivity index (χ2n) is 3.51. The summed E-state index contributed by atoms with van der Waals surface area (Å²) in [7, 11) is 1.58. The first kappa shape index (κ1) is 10.5. The van der Waals surface area contributed by atoms with Crippen molar-refractivity contribution in [3.8, 4) is 5.75 Å². The van der Waals surface area contributed by atoms with Gasteiger partial charge in [0.1, 0.15) is 11.4 Å². The Kier molecular flexibility index (Phi) is 2.52. The molecule has 16 heavy (non-hydrogen) atoms. The first-order valence-corrected chi connectivity index (χ1v) is 4.85. The molecule has 0 atom stereocenters. The smallest absolute Gasteiger partial charge is 0.309 e. The molecule has 5 heteroatoms. The first-order valence-electron chi connectivity index (χ1n) is 4.85. The summed E-state index contributed by atoms with van der Waals surface area (Å²) in [6.07, 6.45) is 1.76. The zero-order valence-electron chi connectivity index (χ0n) is 9.10. The van der Waals surface area contributed by atoms with Gasteiger partial charge >= 0.3 is 5.97 Å². The Hall–Kier alpha value is -2.04. The Morgan fingerprint density at radius 3 is 3.00 bits per heavy atom. The van der Waals surface area contributed by atoms with Gasteiger partial charge < -0.3 is 14.2 Å². The van der Waals surface area contributed by atoms with E-state index in [1.54, 1.807) is 13.2 Å². The standard InChI is InChI=1S/C11H12N2O3/c1-7-9(6-11(14)15)12-10-5-8(16-2)3-4-13(7)10/h3-5H,6H2,1-2H3,(H,14,15). The quantitative estimate of drug-likeness (QED) is 0.846. The van der Waals surface area contributed by atoms with Crippen LogP contribution in [0.5, 0.6) is 5.75 Å². The van der Waals surface area contributed by atoms with Crippen LogP contribution in [-0.4, -0.2) is 27.6 Å². The Labute approximate surface area is 92.3 Å². The summed E-state index contributed by atoms with van der Waals surface area (Å²) in [5, 5.41) is 8.74. The van der Waals surface area contributed by atoms with E-state index >= 15 is 0 Å². The minimum absolute atomic E-state index is 0.0597. The van der Waals surface area contributed by atoms with Gasteiger partial charge in [-0.05, 0) is 13.0 Å². The molecule has 0 aliphatic rings. The number of carboxylic acid groups (broad SMARTS) is 1. The predicted molar refractivity (Wildman–Crippen MR) is 57.8 cm³/mol. The van der Waals surface area contributed by atoms with Crippen molar-refractivity contribution < 1.29 is 14.6 Å². The lowest BCUT2D eigenvalue weighted by molar-refractivity contribution is -0.136. The highest BCUT2D eigenvalue weighted by Gasteiger charge is 2.11. The third kappa shape index (κ3) is 1.71. The van der Waals surface area contributed by atoms with Crippen molar-refractivity contribution in [2.24, 2.45) is 0 Å². The second kappa shape index (κ2) is 3.84. The van der Waals surface area contributed by atoms with Crippen LogP contribution in [0.1, 0.15) is 11.4 Å². The molecule has 0 saturated carbocycles. The summed E-state index contributed by atoms with van der Waals surface area (Å²) < 4.78 is 6.93. The van der Waals surface area contributed by atoms with E-state index < -0.39 is 5.97 Å². The van der Waals surface area contributed by atoms with E-state index in [1.807, 2.05) is 23.6 Å². The fourth-order valence-electron chi connectivity index (χ4n) is 1.63. The number of carboxylic acids is 1. The Morgan fingerprint density at radius 2 is 2.38 bits per heavy atom. The van der Waals surface area contributed by atoms with E-state index in [2.05, 4.69) is 4.98 Å². The number of hydrogen-bond acceptors (Lipinski definition) is 3. The van der Waals surface area contributed by atoms with Crippen molar-refractivity contribution in [1.82, 2.24) is 9.38 Å². The van der Waals surface area contributed by atoms with Gasteiger partial charge in [-0.2, -0.15) is 0 Å². The van der Waals surface area contributed by atoms with Crippen molar-refractivity contribution in [2.45, 2.75) is 13.3 Å². The monoisotopic (exact) mass is 220 g/mol. The minimum atomic E-state index is -0.876. The van der Waals surface area contributed by atoms with Gasteiger partial charge in [-0.15, -0.1) is 0 Å². The fraction of sp³-hybridized carbons (Fsp3) is 0.273. The number of rotatable bonds is 3. The van der Waals surface area contributed by atoms with Crippen LogP contribution in [0.2, 0.25) is 0 Å². The topological polar surface area (TPSA) is 63.8 Å². The molecular formula is C11H12N2O3. The lowest BCUT2D eigenvalue weighted by Crippen LogP contribution is -2.02. The summed E-state index contributed by atoms with van der Waals surface area (Å²) in [6, 6.07) is 3.59. The van der Waals surface area contributed by atoms with Crippen LogP contribution in [0, 0.1) is 6.92 Å². The van der Waals surface area contributed by atoms with Crippen LogP contribution in [0.3, 0.4) is 0 Å². The summed E-state index contributed by atoms with van der Waals surface area (Å²) >= 11 is 0. The lowest BCUT2D eigenvalue weighted by atomic mass is 10.2. The molecule has 2 aromatic heterocycles. The first-order chi connectivity index (χ1) is 7.61. The van der Waals surface area contributed by atoms with Crippen LogP contribution >= 0.6 is 0 Å². The van der Waals surface area contributed by atoms with Crippen LogP contribution in [0.4, 0.5) is 0 Å². The summed E-state index contributed by atoms with van der Waals surface area (Å²) in [4.78, 5) is 14.9. The predicted octanol–water partition coefficient (Wildman–Crippen LogP) is 1.28. The number of pyridine rings is 1. The molecule has 0 amide bonds. The number of hydrogen-bond donors (Lipinski definition) is 1. The van der Waals surface area contributed by atoms with Crippen molar-refractivity contribution in [2.75, 3.05) is 7.11 Å². The molecule has 84 valence electrons. The van der Waals surface area contributed by atoms with Crippen molar-refractivity contribution in [3.63, 3.8) is 0 Å². The van der Waals surface area contributed by atoms with Crippen molar-refractivity contribution >= 4 is 11.6 Å². The van der Waals surface area contributed by atoms with Gasteiger partial charge in [0, 0.05) is 18.0 Å². The normalized spacial score (nSPS) is 10.6. The average Bonchev–Trinajstić information content (AvgIpc) is 2.54. The van der Waals surface area contributed by atoms with E-state index in [0.29, 0.717) is 17.1 Å². The number of nitrogens with zero attached hydrogens (tertiary/aromatic N) is 2. The van der Waals surface area contributed by atoms with Crippen LogP contribution < -0.4 is 4.74 Å². The molecule has 2 aromatic rings. The highest BCUT2D eigenvalue weighted by molar-refractivity contribution is 5.70. The summed E-state index contributed by atoms with van der Waals surface area (Å²) in [6.45, 7) is 1.85. The van der Waals surface area contributed by atoms with Crippen molar-refractivity contribution in [1.29, 1.82) is 0 Å². The molecule has 0 aromatic carbocycles. The van der Waals surface area contributed by atoms with Crippen molar-refractivity contribution in [3.05, 3.63) is 29.7 Å². The fourth-order valence-corrected chi connectivity index (χ4v) is 1.63. The summed E-state index contributed by atoms with van der Waals surface area (Å²) in [5.74, 6) is -0.169. The molecule has 2 rings (SSSR count). The molecule has 0 fully saturated rings. The number of ether oxygens (including phenoxy) is 1. The van der Waals surface area contributed by atoms with Crippen LogP contribution in [-0.2, 0) is 11.2 Å². The average molecular weight is 220 g/mol. The molecule has 1 N–H and O–H groups in total. The maximum atomic E-state index is 10.6. The highest BCUT2D eigenvalue weighted by Crippen LogP contribution is 2.17. The van der Waals surface area contributed by atoms with Gasteiger partial charge in [0.25, 0.3) is 0 Å². The Balaban J connectivity index is 2.54. The number of aromatic nitrogens is 2. The molecule has 0 unspecified atom stereocenters. The zero-order chi connectivity index (χ0) is 11.7. The summed E-state index contributed by atoms with van der Waals surface area (Å²) in [5.41, 5.74) is 2.13. The van der Waals surface area contributed by atoms with Gasteiger partial charge in [-0.25, -0.2) is 4.98 Å². The molecular weight excluding hydrogens is 208 g/mol. The third-order valence-electron chi connectivity index (χ3n) is 2.49. The van der Waals surface area contributed by atoms with Gasteiger partial charge in [-0.1, -0.05) is 0 Å². The van der Waals surface area contributed by atoms with E-state index in [-0.39, 0.29) is 6.42 Å². The molecule has 2 heterocycles. The van der Waals surface area contributed by atoms with Gasteiger partial charge in [-0.3, -0.25) is 4.79 Å². The Morgan fingerprint density at radius 1 is 1.62 bits per heavy atom. The van der Waals surface area contributed by atoms with E-state index in [4.69, 9.17) is 9.84 Å². The third-order valence-corrected chi connectivity index (χ3v) is 2.49. The SMILES string of the molecule is COc1ccn2c(C)c(CC(=O)O)nc2c1. The molecule has 0 aliphatic heterocycles. The molecule has 0 saturated heterocycles.